The fourth-order valence-electron chi connectivity index (χ4n) is 6.04. The molecule has 2 aliphatic heterocycles. The Kier molecular flexibility index (Phi) is 10.2. The number of carboxylic acids is 1. The number of piperidine rings is 1. The summed E-state index contributed by atoms with van der Waals surface area (Å²) < 4.78 is 27.8. The minimum Gasteiger partial charge on any atom is -0.480 e. The first-order chi connectivity index (χ1) is 23.1. The Morgan fingerprint density at radius 3 is 2.58 bits per heavy atom. The highest BCUT2D eigenvalue weighted by Gasteiger charge is 2.27. The third kappa shape index (κ3) is 7.92. The number of halogens is 2. The van der Waals surface area contributed by atoms with Crippen LogP contribution in [0.1, 0.15) is 59.0 Å². The predicted molar refractivity (Wildman–Crippen MR) is 174 cm³/mol. The number of hydrogen-bond acceptors (Lipinski definition) is 8. The van der Waals surface area contributed by atoms with Crippen molar-refractivity contribution in [1.29, 1.82) is 0 Å². The van der Waals surface area contributed by atoms with Crippen molar-refractivity contribution in [3.8, 4) is 5.88 Å². The van der Waals surface area contributed by atoms with Crippen molar-refractivity contribution in [1.82, 2.24) is 24.8 Å². The van der Waals surface area contributed by atoms with Crippen LogP contribution in [-0.4, -0.2) is 74.2 Å². The van der Waals surface area contributed by atoms with Gasteiger partial charge in [-0.15, -0.1) is 0 Å². The third-order valence-electron chi connectivity index (χ3n) is 8.78. The second-order valence-electron chi connectivity index (χ2n) is 12.1. The molecular formula is C34H36ClFN6O6. The highest BCUT2D eigenvalue weighted by Crippen LogP contribution is 2.30. The number of ether oxygens (including phenoxy) is 2. The summed E-state index contributed by atoms with van der Waals surface area (Å²) in [4.78, 5) is 47.7. The SMILES string of the molecule is NC(=O)C[C@H](NC(=O)c1ccc2c(c1)nc(CN1CCC(c3cccc(OCc4ccc(Cl)cc4F)n3)CC1)n2CC1CCO1)C(=O)O. The number of hydrogen-bond donors (Lipinski definition) is 3. The zero-order valence-electron chi connectivity index (χ0n) is 26.1. The van der Waals surface area contributed by atoms with E-state index in [4.69, 9.17) is 36.8 Å². The molecule has 4 aromatic rings. The van der Waals surface area contributed by atoms with Crippen molar-refractivity contribution in [2.75, 3.05) is 19.7 Å². The number of primary amides is 1. The van der Waals surface area contributed by atoms with Crippen LogP contribution in [0.3, 0.4) is 0 Å². The van der Waals surface area contributed by atoms with E-state index < -0.39 is 36.1 Å². The van der Waals surface area contributed by atoms with E-state index in [0.717, 1.165) is 56.0 Å². The van der Waals surface area contributed by atoms with Crippen molar-refractivity contribution in [3.63, 3.8) is 0 Å². The lowest BCUT2D eigenvalue weighted by molar-refractivity contribution is -0.140. The van der Waals surface area contributed by atoms with E-state index in [-0.39, 0.29) is 24.2 Å². The number of rotatable bonds is 13. The van der Waals surface area contributed by atoms with E-state index in [1.807, 2.05) is 12.1 Å². The van der Waals surface area contributed by atoms with Crippen LogP contribution < -0.4 is 15.8 Å². The van der Waals surface area contributed by atoms with Crippen LogP contribution in [0.15, 0.2) is 54.6 Å². The van der Waals surface area contributed by atoms with Gasteiger partial charge in [0.2, 0.25) is 11.8 Å². The van der Waals surface area contributed by atoms with E-state index in [2.05, 4.69) is 14.8 Å². The number of carbonyl (C=O) groups is 3. The predicted octanol–water partition coefficient (Wildman–Crippen LogP) is 4.03. The number of benzene rings is 2. The van der Waals surface area contributed by atoms with Crippen LogP contribution in [0.4, 0.5) is 4.39 Å². The molecule has 2 amide bonds. The Hall–Kier alpha value is -4.59. The average molecular weight is 679 g/mol. The van der Waals surface area contributed by atoms with E-state index >= 15 is 0 Å². The Bertz CT molecular complexity index is 1820. The van der Waals surface area contributed by atoms with Crippen LogP contribution >= 0.6 is 11.6 Å². The number of nitrogens with one attached hydrogen (secondary N) is 1. The van der Waals surface area contributed by atoms with Gasteiger partial charge in [0.05, 0.1) is 36.6 Å². The Morgan fingerprint density at radius 2 is 1.90 bits per heavy atom. The number of nitrogens with zero attached hydrogens (tertiary/aromatic N) is 4. The maximum atomic E-state index is 14.2. The van der Waals surface area contributed by atoms with Crippen molar-refractivity contribution < 1.29 is 33.4 Å². The summed E-state index contributed by atoms with van der Waals surface area (Å²) >= 11 is 5.85. The molecule has 2 atom stereocenters. The molecule has 0 radical (unpaired) electrons. The first-order valence-corrected chi connectivity index (χ1v) is 16.2. The normalized spacial score (nSPS) is 17.5. The summed E-state index contributed by atoms with van der Waals surface area (Å²) in [5, 5.41) is 12.1. The summed E-state index contributed by atoms with van der Waals surface area (Å²) in [6.07, 6.45) is 2.28. The number of aliphatic carboxylic acids is 1. The van der Waals surface area contributed by atoms with E-state index in [1.165, 1.54) is 6.07 Å². The summed E-state index contributed by atoms with van der Waals surface area (Å²) in [5.74, 6) is -1.70. The quantitative estimate of drug-likeness (QED) is 0.190. The molecule has 2 aliphatic rings. The molecule has 6 rings (SSSR count). The largest absolute Gasteiger partial charge is 0.480 e. The van der Waals surface area contributed by atoms with Crippen molar-refractivity contribution >= 4 is 40.4 Å². The van der Waals surface area contributed by atoms with E-state index in [1.54, 1.807) is 36.4 Å². The lowest BCUT2D eigenvalue weighted by atomic mass is 9.93. The standard InChI is InChI=1S/C34H36ClFN6O6/c35-23-6-4-22(25(36)15-23)19-48-32-3-1-2-26(39-32)20-8-11-41(12-9-20)18-31-38-27-14-21(33(44)40-28(34(45)46)16-30(37)43)5-7-29(27)42(31)17-24-10-13-47-24/h1-7,14-15,20,24,28H,8-13,16-19H2,(H2,37,43)(H,40,44)(H,45,46)/t24?,28-/m0/s1. The van der Waals surface area contributed by atoms with Gasteiger partial charge >= 0.3 is 5.97 Å². The average Bonchev–Trinajstić information content (AvgIpc) is 3.37. The summed E-state index contributed by atoms with van der Waals surface area (Å²) in [6.45, 7) is 3.64. The van der Waals surface area contributed by atoms with Gasteiger partial charge in [-0.1, -0.05) is 23.7 Å². The molecule has 0 spiro atoms. The number of amides is 2. The zero-order valence-corrected chi connectivity index (χ0v) is 26.9. The van der Waals surface area contributed by atoms with Crippen molar-refractivity contribution in [2.24, 2.45) is 5.73 Å². The highest BCUT2D eigenvalue weighted by atomic mass is 35.5. The van der Waals surface area contributed by atoms with Crippen LogP contribution in [0.25, 0.3) is 11.0 Å². The van der Waals surface area contributed by atoms with E-state index in [0.29, 0.717) is 35.1 Å². The molecule has 2 aromatic heterocycles. The van der Waals surface area contributed by atoms with Gasteiger partial charge < -0.3 is 30.2 Å². The lowest BCUT2D eigenvalue weighted by Crippen LogP contribution is -2.43. The number of fused-ring (bicyclic) bond motifs is 1. The molecule has 4 N–H and O–H groups in total. The monoisotopic (exact) mass is 678 g/mol. The maximum absolute atomic E-state index is 14.2. The molecule has 48 heavy (non-hydrogen) atoms. The molecule has 2 fully saturated rings. The topological polar surface area (TPSA) is 162 Å². The van der Waals surface area contributed by atoms with Crippen molar-refractivity contribution in [3.05, 3.63) is 88.1 Å². The van der Waals surface area contributed by atoms with Crippen LogP contribution in [0.2, 0.25) is 5.02 Å². The molecule has 2 aromatic carbocycles. The second-order valence-corrected chi connectivity index (χ2v) is 12.6. The van der Waals surface area contributed by atoms with Gasteiger partial charge in [0, 0.05) is 40.4 Å². The first-order valence-electron chi connectivity index (χ1n) is 15.8. The van der Waals surface area contributed by atoms with Gasteiger partial charge in [-0.3, -0.25) is 14.5 Å². The zero-order chi connectivity index (χ0) is 33.8. The summed E-state index contributed by atoms with van der Waals surface area (Å²) in [7, 11) is 0. The third-order valence-corrected chi connectivity index (χ3v) is 9.02. The van der Waals surface area contributed by atoms with Gasteiger partial charge in [0.25, 0.3) is 5.91 Å². The minimum atomic E-state index is -1.43. The van der Waals surface area contributed by atoms with Crippen LogP contribution in [0, 0.1) is 5.82 Å². The molecule has 2 saturated heterocycles. The van der Waals surface area contributed by atoms with Gasteiger partial charge in [0.15, 0.2) is 0 Å². The number of aromatic nitrogens is 3. The molecule has 252 valence electrons. The Labute approximate surface area is 281 Å². The number of carbonyl (C=O) groups excluding carboxylic acids is 2. The van der Waals surface area contributed by atoms with Crippen molar-refractivity contribution in [2.45, 2.75) is 63.4 Å². The van der Waals surface area contributed by atoms with Gasteiger partial charge in [-0.25, -0.2) is 19.2 Å². The number of imidazole rings is 1. The fraction of sp³-hybridized carbons (Fsp3) is 0.382. The molecule has 4 heterocycles. The minimum absolute atomic E-state index is 0.0507. The lowest BCUT2D eigenvalue weighted by Gasteiger charge is -2.32. The molecule has 0 aliphatic carbocycles. The molecule has 12 nitrogen and oxygen atoms in total. The highest BCUT2D eigenvalue weighted by molar-refractivity contribution is 6.30. The smallest absolute Gasteiger partial charge is 0.326 e. The summed E-state index contributed by atoms with van der Waals surface area (Å²) in [5.41, 5.74) is 8.17. The number of nitrogens with two attached hydrogens (primary N) is 1. The van der Waals surface area contributed by atoms with Gasteiger partial charge in [-0.2, -0.15) is 0 Å². The number of pyridine rings is 1. The second kappa shape index (κ2) is 14.7. The first kappa shape index (κ1) is 33.3. The van der Waals surface area contributed by atoms with Crippen LogP contribution in [0.5, 0.6) is 5.88 Å². The van der Waals surface area contributed by atoms with Gasteiger partial charge in [0.1, 0.15) is 24.3 Å². The number of carboxylic acid groups (broad SMARTS) is 1. The molecule has 1 unspecified atom stereocenters. The number of likely N-dealkylation sites (tertiary alicyclic amines) is 1. The molecule has 0 saturated carbocycles. The van der Waals surface area contributed by atoms with Gasteiger partial charge in [-0.05, 0) is 68.8 Å². The summed E-state index contributed by atoms with van der Waals surface area (Å²) in [6, 6.07) is 13.8. The molecule has 0 bridgehead atoms. The fourth-order valence-corrected chi connectivity index (χ4v) is 6.19. The Morgan fingerprint density at radius 1 is 1.10 bits per heavy atom. The molecular weight excluding hydrogens is 643 g/mol. The Balaban J connectivity index is 1.11. The van der Waals surface area contributed by atoms with E-state index in [9.17, 15) is 23.9 Å². The molecule has 14 heteroatoms. The maximum Gasteiger partial charge on any atom is 0.326 e. The van der Waals surface area contributed by atoms with Crippen LogP contribution in [-0.2, 0) is 34.0 Å².